The van der Waals surface area contributed by atoms with Gasteiger partial charge in [0.15, 0.2) is 8.68 Å². The van der Waals surface area contributed by atoms with Crippen LogP contribution in [-0.2, 0) is 9.53 Å². The lowest BCUT2D eigenvalue weighted by atomic mass is 10.0. The van der Waals surface area contributed by atoms with E-state index in [1.165, 1.54) is 0 Å². The Morgan fingerprint density at radius 1 is 1.50 bits per heavy atom. The van der Waals surface area contributed by atoms with Crippen molar-refractivity contribution in [3.63, 3.8) is 0 Å². The summed E-state index contributed by atoms with van der Waals surface area (Å²) < 4.78 is 6.77. The van der Waals surface area contributed by atoms with Crippen molar-refractivity contribution < 1.29 is 9.53 Å². The van der Waals surface area contributed by atoms with E-state index in [-0.39, 0.29) is 5.97 Å². The molecule has 0 amide bonds. The number of esters is 1. The number of carbonyl (C=O) groups excluding carboxylic acids is 1. The molecule has 1 atom stereocenters. The normalized spacial score (nSPS) is 14.2. The minimum Gasteiger partial charge on any atom is -0.465 e. The Bertz CT molecular complexity index is 395. The molecule has 0 spiro atoms. The van der Waals surface area contributed by atoms with Crippen molar-refractivity contribution in [1.82, 2.24) is 10.2 Å². The summed E-state index contributed by atoms with van der Waals surface area (Å²) in [6.45, 7) is 3.82. The zero-order valence-electron chi connectivity index (χ0n) is 10.6. The fourth-order valence-electron chi connectivity index (χ4n) is 1.09. The third-order valence-electron chi connectivity index (χ3n) is 2.15. The number of aromatic nitrogens is 2. The van der Waals surface area contributed by atoms with Gasteiger partial charge in [-0.15, -0.1) is 10.2 Å². The number of carbonyl (C=O) groups is 1. The van der Waals surface area contributed by atoms with Gasteiger partial charge < -0.3 is 10.5 Å². The molecule has 0 bridgehead atoms. The molecule has 0 saturated heterocycles. The van der Waals surface area contributed by atoms with Crippen LogP contribution in [0.1, 0.15) is 20.3 Å². The van der Waals surface area contributed by atoms with E-state index >= 15 is 0 Å². The first-order valence-corrected chi connectivity index (χ1v) is 8.48. The average Bonchev–Trinajstić information content (AvgIpc) is 2.77. The summed E-state index contributed by atoms with van der Waals surface area (Å²) in [4.78, 5) is 11.6. The van der Waals surface area contributed by atoms with Crippen LogP contribution in [0, 0.1) is 0 Å². The van der Waals surface area contributed by atoms with E-state index in [1.807, 2.05) is 6.26 Å². The zero-order chi connectivity index (χ0) is 13.6. The summed E-state index contributed by atoms with van der Waals surface area (Å²) in [6.07, 6.45) is 2.51. The van der Waals surface area contributed by atoms with Crippen LogP contribution in [0.5, 0.6) is 0 Å². The van der Waals surface area contributed by atoms with Crippen molar-refractivity contribution >= 4 is 40.8 Å². The quantitative estimate of drug-likeness (QED) is 0.610. The van der Waals surface area contributed by atoms with Crippen LogP contribution < -0.4 is 5.73 Å². The summed E-state index contributed by atoms with van der Waals surface area (Å²) in [5, 5.41) is 8.04. The van der Waals surface area contributed by atoms with Gasteiger partial charge >= 0.3 is 5.97 Å². The highest BCUT2D eigenvalue weighted by molar-refractivity contribution is 8.02. The molecule has 8 heteroatoms. The second kappa shape index (κ2) is 7.32. The van der Waals surface area contributed by atoms with Crippen molar-refractivity contribution in [3.05, 3.63) is 0 Å². The van der Waals surface area contributed by atoms with E-state index in [0.717, 1.165) is 14.4 Å². The molecular weight excluding hydrogens is 290 g/mol. The van der Waals surface area contributed by atoms with Crippen molar-refractivity contribution in [3.8, 4) is 0 Å². The largest absolute Gasteiger partial charge is 0.465 e. The Labute approximate surface area is 119 Å². The van der Waals surface area contributed by atoms with Crippen LogP contribution in [0.25, 0.3) is 0 Å². The van der Waals surface area contributed by atoms with E-state index in [4.69, 9.17) is 10.5 Å². The molecular formula is C10H17N3O2S3. The molecule has 0 fully saturated rings. The first-order chi connectivity index (χ1) is 8.49. The molecule has 1 unspecified atom stereocenters. The molecule has 0 aromatic carbocycles. The Morgan fingerprint density at radius 2 is 2.17 bits per heavy atom. The molecule has 1 aromatic rings. The molecule has 18 heavy (non-hydrogen) atoms. The van der Waals surface area contributed by atoms with E-state index < -0.39 is 5.54 Å². The molecule has 2 N–H and O–H groups in total. The molecule has 5 nitrogen and oxygen atoms in total. The highest BCUT2D eigenvalue weighted by atomic mass is 32.2. The molecule has 1 rings (SSSR count). The Kier molecular flexibility index (Phi) is 6.40. The van der Waals surface area contributed by atoms with Crippen molar-refractivity contribution in [2.45, 2.75) is 34.5 Å². The van der Waals surface area contributed by atoms with E-state index in [9.17, 15) is 4.79 Å². The number of nitrogens with zero attached hydrogens (tertiary/aromatic N) is 2. The standard InChI is InChI=1S/C10H17N3O2S3/c1-4-15-7(14)10(2,11)5-6-17-9-13-12-8(16-3)18-9/h4-6,11H2,1-3H3. The van der Waals surface area contributed by atoms with Gasteiger partial charge in [0.05, 0.1) is 6.61 Å². The molecule has 0 saturated carbocycles. The lowest BCUT2D eigenvalue weighted by molar-refractivity contribution is -0.149. The van der Waals surface area contributed by atoms with Crippen molar-refractivity contribution in [2.24, 2.45) is 5.73 Å². The topological polar surface area (TPSA) is 78.1 Å². The third kappa shape index (κ3) is 4.75. The summed E-state index contributed by atoms with van der Waals surface area (Å²) in [6, 6.07) is 0. The van der Waals surface area contributed by atoms with Crippen molar-refractivity contribution in [1.29, 1.82) is 0 Å². The van der Waals surface area contributed by atoms with Gasteiger partial charge in [-0.05, 0) is 26.5 Å². The van der Waals surface area contributed by atoms with Crippen LogP contribution >= 0.6 is 34.9 Å². The SMILES string of the molecule is CCOC(=O)C(C)(N)CCSc1nnc(SC)s1. The van der Waals surface area contributed by atoms with Gasteiger partial charge in [-0.1, -0.05) is 34.9 Å². The fourth-order valence-corrected chi connectivity index (χ4v) is 3.77. The van der Waals surface area contributed by atoms with E-state index in [0.29, 0.717) is 13.0 Å². The van der Waals surface area contributed by atoms with Gasteiger partial charge in [0.2, 0.25) is 0 Å². The number of thioether (sulfide) groups is 2. The third-order valence-corrected chi connectivity index (χ3v) is 5.19. The maximum atomic E-state index is 11.6. The number of ether oxygens (including phenoxy) is 1. The minimum absolute atomic E-state index is 0.353. The Balaban J connectivity index is 2.38. The summed E-state index contributed by atoms with van der Waals surface area (Å²) >= 11 is 4.68. The Morgan fingerprint density at radius 3 is 2.72 bits per heavy atom. The van der Waals surface area contributed by atoms with Gasteiger partial charge in [0.25, 0.3) is 0 Å². The average molecular weight is 307 g/mol. The predicted octanol–water partition coefficient (Wildman–Crippen LogP) is 2.02. The maximum Gasteiger partial charge on any atom is 0.325 e. The van der Waals surface area contributed by atoms with Gasteiger partial charge in [-0.3, -0.25) is 4.79 Å². The van der Waals surface area contributed by atoms with Crippen LogP contribution in [0.3, 0.4) is 0 Å². The highest BCUT2D eigenvalue weighted by Gasteiger charge is 2.29. The molecule has 0 radical (unpaired) electrons. The van der Waals surface area contributed by atoms with Crippen molar-refractivity contribution in [2.75, 3.05) is 18.6 Å². The zero-order valence-corrected chi connectivity index (χ0v) is 13.1. The number of nitrogens with two attached hydrogens (primary N) is 1. The number of hydrogen-bond donors (Lipinski definition) is 1. The van der Waals surface area contributed by atoms with E-state index in [2.05, 4.69) is 10.2 Å². The molecule has 102 valence electrons. The van der Waals surface area contributed by atoms with E-state index in [1.54, 1.807) is 48.7 Å². The first-order valence-electron chi connectivity index (χ1n) is 5.46. The summed E-state index contributed by atoms with van der Waals surface area (Å²) in [5.74, 6) is 0.363. The lowest BCUT2D eigenvalue weighted by Crippen LogP contribution is -2.46. The van der Waals surface area contributed by atoms with Gasteiger partial charge in [-0.2, -0.15) is 0 Å². The van der Waals surface area contributed by atoms with Crippen LogP contribution in [0.2, 0.25) is 0 Å². The van der Waals surface area contributed by atoms with Crippen LogP contribution in [0.15, 0.2) is 8.68 Å². The minimum atomic E-state index is -0.934. The molecule has 0 aliphatic heterocycles. The highest BCUT2D eigenvalue weighted by Crippen LogP contribution is 2.28. The predicted molar refractivity (Wildman–Crippen MR) is 76.3 cm³/mol. The monoisotopic (exact) mass is 307 g/mol. The Hall–Kier alpha value is -0.310. The van der Waals surface area contributed by atoms with Gasteiger partial charge in [-0.25, -0.2) is 0 Å². The second-order valence-electron chi connectivity index (χ2n) is 3.77. The number of rotatable bonds is 7. The summed E-state index contributed by atoms with van der Waals surface area (Å²) in [5.41, 5.74) is 4.98. The van der Waals surface area contributed by atoms with Crippen LogP contribution in [-0.4, -0.2) is 40.3 Å². The fraction of sp³-hybridized carbons (Fsp3) is 0.700. The maximum absolute atomic E-state index is 11.6. The molecule has 0 aliphatic rings. The molecule has 1 heterocycles. The first kappa shape index (κ1) is 15.7. The number of hydrogen-bond acceptors (Lipinski definition) is 8. The smallest absolute Gasteiger partial charge is 0.325 e. The van der Waals surface area contributed by atoms with Crippen LogP contribution in [0.4, 0.5) is 0 Å². The summed E-state index contributed by atoms with van der Waals surface area (Å²) in [7, 11) is 0. The molecule has 1 aromatic heterocycles. The van der Waals surface area contributed by atoms with Gasteiger partial charge in [0.1, 0.15) is 5.54 Å². The van der Waals surface area contributed by atoms with Gasteiger partial charge in [0, 0.05) is 5.75 Å². The molecule has 0 aliphatic carbocycles. The second-order valence-corrected chi connectivity index (χ2v) is 7.15. The lowest BCUT2D eigenvalue weighted by Gasteiger charge is -2.21.